The minimum atomic E-state index is -0.189. The van der Waals surface area contributed by atoms with E-state index >= 15 is 0 Å². The first kappa shape index (κ1) is 22.9. The maximum absolute atomic E-state index is 12.6. The molecule has 3 rings (SSSR count). The van der Waals surface area contributed by atoms with Crippen molar-refractivity contribution in [3.05, 3.63) is 53.1 Å². The molecule has 0 radical (unpaired) electrons. The summed E-state index contributed by atoms with van der Waals surface area (Å²) in [7, 11) is 0. The van der Waals surface area contributed by atoms with Crippen LogP contribution < -0.4 is 20.7 Å². The largest absolute Gasteiger partial charge is 0.494 e. The summed E-state index contributed by atoms with van der Waals surface area (Å²) in [5.74, 6) is 0.416. The first-order chi connectivity index (χ1) is 15.0. The lowest BCUT2D eigenvalue weighted by molar-refractivity contribution is -0.114. The summed E-state index contributed by atoms with van der Waals surface area (Å²) >= 11 is 6.25. The molecule has 0 spiro atoms. The lowest BCUT2D eigenvalue weighted by Crippen LogP contribution is -2.36. The highest BCUT2D eigenvalue weighted by atomic mass is 35.5. The number of benzene rings is 2. The Kier molecular flexibility index (Phi) is 8.59. The Morgan fingerprint density at radius 3 is 2.45 bits per heavy atom. The molecule has 166 valence electrons. The number of anilines is 2. The Bertz CT molecular complexity index is 880. The highest BCUT2D eigenvalue weighted by Crippen LogP contribution is 2.23. The standard InChI is InChI=1S/C24H30ClN3O3/c1-2-14-31-20-11-8-18(9-12-20)27-23(29)16-26-19-10-13-22(25)21(15-19)24(30)28-17-6-4-3-5-7-17/h8-13,15,17,26H,2-7,14,16H2,1H3,(H,27,29)(H,28,30). The number of nitrogens with one attached hydrogen (secondary N) is 3. The summed E-state index contributed by atoms with van der Waals surface area (Å²) in [4.78, 5) is 24.9. The van der Waals surface area contributed by atoms with E-state index in [2.05, 4.69) is 22.9 Å². The fourth-order valence-electron chi connectivity index (χ4n) is 3.56. The fourth-order valence-corrected chi connectivity index (χ4v) is 3.76. The van der Waals surface area contributed by atoms with Crippen LogP contribution in [0.3, 0.4) is 0 Å². The van der Waals surface area contributed by atoms with Gasteiger partial charge in [-0.1, -0.05) is 37.8 Å². The Morgan fingerprint density at radius 1 is 1.03 bits per heavy atom. The van der Waals surface area contributed by atoms with Crippen LogP contribution in [0.25, 0.3) is 0 Å². The monoisotopic (exact) mass is 443 g/mol. The Hall–Kier alpha value is -2.73. The molecule has 2 amide bonds. The third-order valence-electron chi connectivity index (χ3n) is 5.22. The minimum Gasteiger partial charge on any atom is -0.494 e. The van der Waals surface area contributed by atoms with Crippen molar-refractivity contribution in [3.8, 4) is 5.75 Å². The number of carbonyl (C=O) groups is 2. The van der Waals surface area contributed by atoms with Crippen molar-refractivity contribution in [2.45, 2.75) is 51.5 Å². The van der Waals surface area contributed by atoms with Crippen molar-refractivity contribution in [3.63, 3.8) is 0 Å². The van der Waals surface area contributed by atoms with E-state index in [1.165, 1.54) is 6.42 Å². The quantitative estimate of drug-likeness (QED) is 0.495. The highest BCUT2D eigenvalue weighted by Gasteiger charge is 2.18. The SMILES string of the molecule is CCCOc1ccc(NC(=O)CNc2ccc(Cl)c(C(=O)NC3CCCCC3)c2)cc1. The summed E-state index contributed by atoms with van der Waals surface area (Å²) in [6.07, 6.45) is 6.47. The summed E-state index contributed by atoms with van der Waals surface area (Å²) in [6.45, 7) is 2.78. The normalized spacial score (nSPS) is 14.0. The van der Waals surface area contributed by atoms with E-state index in [0.717, 1.165) is 37.9 Å². The van der Waals surface area contributed by atoms with Crippen LogP contribution in [0.5, 0.6) is 5.75 Å². The van der Waals surface area contributed by atoms with E-state index in [9.17, 15) is 9.59 Å². The van der Waals surface area contributed by atoms with E-state index in [-0.39, 0.29) is 24.4 Å². The number of hydrogen-bond acceptors (Lipinski definition) is 4. The van der Waals surface area contributed by atoms with Crippen LogP contribution in [0.1, 0.15) is 55.8 Å². The molecule has 0 unspecified atom stereocenters. The maximum atomic E-state index is 12.6. The number of carbonyl (C=O) groups excluding carboxylic acids is 2. The van der Waals surface area contributed by atoms with Crippen LogP contribution in [-0.4, -0.2) is 31.0 Å². The second kappa shape index (κ2) is 11.6. The predicted molar refractivity (Wildman–Crippen MR) is 125 cm³/mol. The second-order valence-electron chi connectivity index (χ2n) is 7.78. The average Bonchev–Trinajstić information content (AvgIpc) is 2.78. The molecule has 0 aromatic heterocycles. The number of halogens is 1. The number of amides is 2. The molecule has 0 saturated heterocycles. The maximum Gasteiger partial charge on any atom is 0.253 e. The van der Waals surface area contributed by atoms with Crippen LogP contribution >= 0.6 is 11.6 Å². The molecule has 2 aromatic rings. The third-order valence-corrected chi connectivity index (χ3v) is 5.54. The molecule has 6 nitrogen and oxygen atoms in total. The predicted octanol–water partition coefficient (Wildman–Crippen LogP) is 5.24. The van der Waals surface area contributed by atoms with Gasteiger partial charge in [-0.25, -0.2) is 0 Å². The summed E-state index contributed by atoms with van der Waals surface area (Å²) in [5, 5.41) is 9.36. The topological polar surface area (TPSA) is 79.5 Å². The van der Waals surface area contributed by atoms with Crippen LogP contribution in [0.15, 0.2) is 42.5 Å². The fraction of sp³-hybridized carbons (Fsp3) is 0.417. The van der Waals surface area contributed by atoms with Crippen molar-refractivity contribution < 1.29 is 14.3 Å². The molecule has 0 bridgehead atoms. The average molecular weight is 444 g/mol. The number of hydrogen-bond donors (Lipinski definition) is 3. The lowest BCUT2D eigenvalue weighted by Gasteiger charge is -2.23. The smallest absolute Gasteiger partial charge is 0.253 e. The lowest BCUT2D eigenvalue weighted by atomic mass is 9.95. The Balaban J connectivity index is 1.52. The molecule has 31 heavy (non-hydrogen) atoms. The molecule has 3 N–H and O–H groups in total. The van der Waals surface area contributed by atoms with Gasteiger partial charge in [-0.2, -0.15) is 0 Å². The molecule has 2 aromatic carbocycles. The van der Waals surface area contributed by atoms with Gasteiger partial charge >= 0.3 is 0 Å². The van der Waals surface area contributed by atoms with Gasteiger partial charge < -0.3 is 20.7 Å². The van der Waals surface area contributed by atoms with E-state index in [1.54, 1.807) is 30.3 Å². The van der Waals surface area contributed by atoms with Gasteiger partial charge in [-0.3, -0.25) is 9.59 Å². The summed E-state index contributed by atoms with van der Waals surface area (Å²) in [6, 6.07) is 12.6. The van der Waals surface area contributed by atoms with E-state index in [0.29, 0.717) is 28.6 Å². The summed E-state index contributed by atoms with van der Waals surface area (Å²) in [5.41, 5.74) is 1.77. The Morgan fingerprint density at radius 2 is 1.74 bits per heavy atom. The first-order valence-corrected chi connectivity index (χ1v) is 11.3. The van der Waals surface area contributed by atoms with Crippen LogP contribution in [0.2, 0.25) is 5.02 Å². The molecule has 7 heteroatoms. The molecule has 1 aliphatic rings. The van der Waals surface area contributed by atoms with Crippen molar-refractivity contribution >= 4 is 34.8 Å². The zero-order chi connectivity index (χ0) is 22.1. The van der Waals surface area contributed by atoms with Gasteiger partial charge in [0.25, 0.3) is 5.91 Å². The number of ether oxygens (including phenoxy) is 1. The van der Waals surface area contributed by atoms with Gasteiger partial charge in [0.1, 0.15) is 5.75 Å². The van der Waals surface area contributed by atoms with Gasteiger partial charge in [0.2, 0.25) is 5.91 Å². The summed E-state index contributed by atoms with van der Waals surface area (Å²) < 4.78 is 5.54. The molecule has 1 fully saturated rings. The molecular weight excluding hydrogens is 414 g/mol. The van der Waals surface area contributed by atoms with Crippen LogP contribution in [0.4, 0.5) is 11.4 Å². The van der Waals surface area contributed by atoms with Crippen molar-refractivity contribution in [1.29, 1.82) is 0 Å². The van der Waals surface area contributed by atoms with Gasteiger partial charge in [0.15, 0.2) is 0 Å². The van der Waals surface area contributed by atoms with Gasteiger partial charge in [-0.15, -0.1) is 0 Å². The van der Waals surface area contributed by atoms with E-state index in [4.69, 9.17) is 16.3 Å². The van der Waals surface area contributed by atoms with Crippen LogP contribution in [-0.2, 0) is 4.79 Å². The van der Waals surface area contributed by atoms with E-state index < -0.39 is 0 Å². The molecule has 0 heterocycles. The number of rotatable bonds is 9. The first-order valence-electron chi connectivity index (χ1n) is 10.9. The molecule has 0 atom stereocenters. The van der Waals surface area contributed by atoms with Gasteiger partial charge in [-0.05, 0) is 61.7 Å². The molecular formula is C24H30ClN3O3. The zero-order valence-electron chi connectivity index (χ0n) is 17.9. The second-order valence-corrected chi connectivity index (χ2v) is 8.18. The Labute approximate surface area is 188 Å². The van der Waals surface area contributed by atoms with Gasteiger partial charge in [0, 0.05) is 17.4 Å². The van der Waals surface area contributed by atoms with E-state index in [1.807, 2.05) is 12.1 Å². The van der Waals surface area contributed by atoms with Crippen molar-refractivity contribution in [1.82, 2.24) is 5.32 Å². The molecule has 1 saturated carbocycles. The van der Waals surface area contributed by atoms with Gasteiger partial charge in [0.05, 0.1) is 23.7 Å². The molecule has 0 aliphatic heterocycles. The molecule has 1 aliphatic carbocycles. The van der Waals surface area contributed by atoms with Crippen molar-refractivity contribution in [2.24, 2.45) is 0 Å². The minimum absolute atomic E-state index is 0.0689. The highest BCUT2D eigenvalue weighted by molar-refractivity contribution is 6.34. The van der Waals surface area contributed by atoms with Crippen molar-refractivity contribution in [2.75, 3.05) is 23.8 Å². The third kappa shape index (κ3) is 7.17. The van der Waals surface area contributed by atoms with Crippen LogP contribution in [0, 0.1) is 0 Å². The zero-order valence-corrected chi connectivity index (χ0v) is 18.6.